The number of carbonyl (C=O) groups excluding carboxylic acids is 1. The molecule has 1 N–H and O–H groups in total. The second-order valence-electron chi connectivity index (χ2n) is 5.63. The third-order valence-electron chi connectivity index (χ3n) is 3.72. The van der Waals surface area contributed by atoms with Crippen LogP contribution in [0.3, 0.4) is 0 Å². The number of nitrogens with zero attached hydrogens (tertiary/aromatic N) is 2. The first-order chi connectivity index (χ1) is 9.61. The lowest BCUT2D eigenvalue weighted by molar-refractivity contribution is -0.130. The van der Waals surface area contributed by atoms with Crippen molar-refractivity contribution < 1.29 is 4.79 Å². The van der Waals surface area contributed by atoms with Gasteiger partial charge in [0, 0.05) is 32.9 Å². The van der Waals surface area contributed by atoms with Gasteiger partial charge in [-0.25, -0.2) is 0 Å². The zero-order valence-electron chi connectivity index (χ0n) is 12.8. The summed E-state index contributed by atoms with van der Waals surface area (Å²) in [6.45, 7) is 5.45. The fourth-order valence-electron chi connectivity index (χ4n) is 2.65. The Morgan fingerprint density at radius 1 is 1.35 bits per heavy atom. The summed E-state index contributed by atoms with van der Waals surface area (Å²) in [5, 5.41) is 3.47. The number of fused-ring (bicyclic) bond motifs is 1. The second kappa shape index (κ2) is 6.75. The van der Waals surface area contributed by atoms with Crippen molar-refractivity contribution >= 4 is 11.6 Å². The molecule has 0 aromatic heterocycles. The molecule has 1 aromatic rings. The van der Waals surface area contributed by atoms with Gasteiger partial charge in [-0.15, -0.1) is 0 Å². The van der Waals surface area contributed by atoms with E-state index in [0.29, 0.717) is 6.54 Å². The largest absolute Gasteiger partial charge is 0.384 e. The number of rotatable bonds is 6. The van der Waals surface area contributed by atoms with E-state index in [1.54, 1.807) is 4.90 Å². The Balaban J connectivity index is 2.08. The summed E-state index contributed by atoms with van der Waals surface area (Å²) in [5.74, 6) is 0.166. The van der Waals surface area contributed by atoms with Crippen LogP contribution < -0.4 is 5.32 Å². The maximum absolute atomic E-state index is 11.9. The fourth-order valence-corrected chi connectivity index (χ4v) is 2.65. The molecule has 0 spiro atoms. The average Bonchev–Trinajstić information content (AvgIpc) is 2.88. The van der Waals surface area contributed by atoms with Gasteiger partial charge in [-0.3, -0.25) is 9.69 Å². The summed E-state index contributed by atoms with van der Waals surface area (Å²) < 4.78 is 0. The number of likely N-dealkylation sites (N-methyl/N-ethyl adjacent to an activating group) is 1. The SMILES string of the molecule is CCCN(CC(=O)N(C)C)Cc1cccc2c1NCC2. The summed E-state index contributed by atoms with van der Waals surface area (Å²) in [5.41, 5.74) is 3.99. The Kier molecular flexibility index (Phi) is 5.01. The summed E-state index contributed by atoms with van der Waals surface area (Å²) >= 11 is 0. The quantitative estimate of drug-likeness (QED) is 0.862. The van der Waals surface area contributed by atoms with E-state index in [2.05, 4.69) is 35.3 Å². The van der Waals surface area contributed by atoms with Crippen molar-refractivity contribution in [3.8, 4) is 0 Å². The van der Waals surface area contributed by atoms with Gasteiger partial charge in [0.05, 0.1) is 6.54 Å². The molecule has 1 heterocycles. The zero-order chi connectivity index (χ0) is 14.5. The highest BCUT2D eigenvalue weighted by atomic mass is 16.2. The molecular weight excluding hydrogens is 250 g/mol. The Bertz CT molecular complexity index is 471. The lowest BCUT2D eigenvalue weighted by Gasteiger charge is -2.24. The first-order valence-electron chi connectivity index (χ1n) is 7.39. The molecule has 1 amide bonds. The molecule has 0 atom stereocenters. The van der Waals surface area contributed by atoms with Gasteiger partial charge in [0.15, 0.2) is 0 Å². The van der Waals surface area contributed by atoms with Crippen molar-refractivity contribution in [2.45, 2.75) is 26.3 Å². The van der Waals surface area contributed by atoms with E-state index in [1.807, 2.05) is 14.1 Å². The third kappa shape index (κ3) is 3.51. The van der Waals surface area contributed by atoms with E-state index in [9.17, 15) is 4.79 Å². The van der Waals surface area contributed by atoms with Gasteiger partial charge in [-0.1, -0.05) is 25.1 Å². The van der Waals surface area contributed by atoms with Gasteiger partial charge in [-0.2, -0.15) is 0 Å². The molecule has 0 radical (unpaired) electrons. The van der Waals surface area contributed by atoms with E-state index in [1.165, 1.54) is 16.8 Å². The molecule has 4 nitrogen and oxygen atoms in total. The molecule has 0 bridgehead atoms. The second-order valence-corrected chi connectivity index (χ2v) is 5.63. The maximum atomic E-state index is 11.9. The lowest BCUT2D eigenvalue weighted by Crippen LogP contribution is -2.36. The van der Waals surface area contributed by atoms with E-state index in [-0.39, 0.29) is 5.91 Å². The molecule has 4 heteroatoms. The van der Waals surface area contributed by atoms with Crippen molar-refractivity contribution in [2.75, 3.05) is 39.0 Å². The lowest BCUT2D eigenvalue weighted by atomic mass is 10.1. The minimum absolute atomic E-state index is 0.166. The monoisotopic (exact) mass is 275 g/mol. The minimum atomic E-state index is 0.166. The predicted octanol–water partition coefficient (Wildman–Crippen LogP) is 1.95. The van der Waals surface area contributed by atoms with Gasteiger partial charge in [-0.05, 0) is 30.5 Å². The van der Waals surface area contributed by atoms with Crippen LogP contribution in [-0.4, -0.2) is 49.4 Å². The van der Waals surface area contributed by atoms with Crippen LogP contribution in [-0.2, 0) is 17.8 Å². The van der Waals surface area contributed by atoms with Crippen LogP contribution in [0.25, 0.3) is 0 Å². The molecule has 1 aromatic carbocycles. The van der Waals surface area contributed by atoms with Crippen LogP contribution in [0.4, 0.5) is 5.69 Å². The molecule has 1 aliphatic heterocycles. The standard InChI is InChI=1S/C16H25N3O/c1-4-10-19(12-15(20)18(2)3)11-14-7-5-6-13-8-9-17-16(13)14/h5-7,17H,4,8-12H2,1-3H3. The van der Waals surface area contributed by atoms with Crippen LogP contribution >= 0.6 is 0 Å². The van der Waals surface area contributed by atoms with Crippen molar-refractivity contribution in [1.82, 2.24) is 9.80 Å². The number of anilines is 1. The van der Waals surface area contributed by atoms with E-state index >= 15 is 0 Å². The smallest absolute Gasteiger partial charge is 0.236 e. The predicted molar refractivity (Wildman–Crippen MR) is 82.9 cm³/mol. The van der Waals surface area contributed by atoms with Crippen molar-refractivity contribution in [3.63, 3.8) is 0 Å². The molecule has 0 unspecified atom stereocenters. The normalized spacial score (nSPS) is 13.2. The summed E-state index contributed by atoms with van der Waals surface area (Å²) in [4.78, 5) is 15.8. The van der Waals surface area contributed by atoms with E-state index in [4.69, 9.17) is 0 Å². The number of para-hydroxylation sites is 1. The summed E-state index contributed by atoms with van der Waals surface area (Å²) in [6.07, 6.45) is 2.16. The molecule has 0 saturated heterocycles. The molecule has 1 aliphatic rings. The zero-order valence-corrected chi connectivity index (χ0v) is 12.8. The van der Waals surface area contributed by atoms with Crippen LogP contribution in [0.2, 0.25) is 0 Å². The van der Waals surface area contributed by atoms with Gasteiger partial charge < -0.3 is 10.2 Å². The maximum Gasteiger partial charge on any atom is 0.236 e. The van der Waals surface area contributed by atoms with Crippen molar-refractivity contribution in [2.24, 2.45) is 0 Å². The van der Waals surface area contributed by atoms with Crippen LogP contribution in [0.1, 0.15) is 24.5 Å². The average molecular weight is 275 g/mol. The first kappa shape index (κ1) is 14.9. The van der Waals surface area contributed by atoms with Gasteiger partial charge in [0.2, 0.25) is 5.91 Å². The van der Waals surface area contributed by atoms with Crippen LogP contribution in [0.5, 0.6) is 0 Å². The molecule has 0 saturated carbocycles. The van der Waals surface area contributed by atoms with Gasteiger partial charge >= 0.3 is 0 Å². The highest BCUT2D eigenvalue weighted by Crippen LogP contribution is 2.27. The first-order valence-corrected chi connectivity index (χ1v) is 7.39. The Morgan fingerprint density at radius 3 is 2.85 bits per heavy atom. The highest BCUT2D eigenvalue weighted by molar-refractivity contribution is 5.77. The number of carbonyl (C=O) groups is 1. The summed E-state index contributed by atoms with van der Waals surface area (Å²) in [6, 6.07) is 6.48. The molecule has 2 rings (SSSR count). The van der Waals surface area contributed by atoms with Gasteiger partial charge in [0.1, 0.15) is 0 Å². The molecular formula is C16H25N3O. The van der Waals surface area contributed by atoms with Crippen molar-refractivity contribution in [1.29, 1.82) is 0 Å². The minimum Gasteiger partial charge on any atom is -0.384 e. The third-order valence-corrected chi connectivity index (χ3v) is 3.72. The number of hydrogen-bond donors (Lipinski definition) is 1. The number of hydrogen-bond acceptors (Lipinski definition) is 3. The van der Waals surface area contributed by atoms with Crippen molar-refractivity contribution in [3.05, 3.63) is 29.3 Å². The molecule has 0 aliphatic carbocycles. The number of nitrogens with one attached hydrogen (secondary N) is 1. The van der Waals surface area contributed by atoms with Crippen LogP contribution in [0, 0.1) is 0 Å². The highest BCUT2D eigenvalue weighted by Gasteiger charge is 2.17. The topological polar surface area (TPSA) is 35.6 Å². The Hall–Kier alpha value is -1.55. The Labute approximate surface area is 121 Å². The van der Waals surface area contributed by atoms with E-state index in [0.717, 1.165) is 32.5 Å². The van der Waals surface area contributed by atoms with E-state index < -0.39 is 0 Å². The molecule has 0 fully saturated rings. The molecule has 110 valence electrons. The summed E-state index contributed by atoms with van der Waals surface area (Å²) in [7, 11) is 3.63. The van der Waals surface area contributed by atoms with Gasteiger partial charge in [0.25, 0.3) is 0 Å². The van der Waals surface area contributed by atoms with Crippen LogP contribution in [0.15, 0.2) is 18.2 Å². The number of amides is 1. The Morgan fingerprint density at radius 2 is 2.15 bits per heavy atom. The molecule has 20 heavy (non-hydrogen) atoms. The number of benzene rings is 1. The fraction of sp³-hybridized carbons (Fsp3) is 0.562.